The van der Waals surface area contributed by atoms with E-state index >= 15 is 0 Å². The zero-order valence-corrected chi connectivity index (χ0v) is 7.11. The second-order valence-corrected chi connectivity index (χ2v) is 2.66. The highest BCUT2D eigenvalue weighted by molar-refractivity contribution is 7.77. The van der Waals surface area contributed by atoms with Crippen molar-refractivity contribution in [2.24, 2.45) is 0 Å². The number of hydrogen-bond acceptors (Lipinski definition) is 2. The third-order valence-corrected chi connectivity index (χ3v) is 1.36. The van der Waals surface area contributed by atoms with Crippen molar-refractivity contribution >= 4 is 17.3 Å². The van der Waals surface area contributed by atoms with Crippen LogP contribution in [-0.2, 0) is 11.3 Å². The molecule has 0 aliphatic carbocycles. The Morgan fingerprint density at radius 1 is 1.64 bits per heavy atom. The fourth-order valence-electron chi connectivity index (χ4n) is 0.494. The van der Waals surface area contributed by atoms with Crippen LogP contribution in [0.5, 0.6) is 0 Å². The number of rotatable bonds is 4. The van der Waals surface area contributed by atoms with Crippen molar-refractivity contribution in [1.82, 2.24) is 10.0 Å². The molecule has 66 valence electrons. The number of urea groups is 1. The first kappa shape index (κ1) is 10.4. The first-order valence-electron chi connectivity index (χ1n) is 3.32. The van der Waals surface area contributed by atoms with E-state index in [0.29, 0.717) is 6.54 Å². The number of carbonyl (C=O) groups excluding carboxylic acids is 1. The van der Waals surface area contributed by atoms with Crippen LogP contribution in [0.4, 0.5) is 4.79 Å². The number of amides is 2. The van der Waals surface area contributed by atoms with E-state index in [2.05, 4.69) is 5.32 Å². The van der Waals surface area contributed by atoms with Crippen molar-refractivity contribution in [3.05, 3.63) is 0 Å². The minimum Gasteiger partial charge on any atom is -0.337 e. The Morgan fingerprint density at radius 3 is 2.73 bits per heavy atom. The Morgan fingerprint density at radius 2 is 2.27 bits per heavy atom. The van der Waals surface area contributed by atoms with Crippen LogP contribution >= 0.6 is 0 Å². The van der Waals surface area contributed by atoms with Gasteiger partial charge < -0.3 is 5.32 Å². The average Bonchev–Trinajstić information content (AvgIpc) is 1.86. The standard InChI is InChI=1S/C5H12N2O3S/c1-2-3-4-6-5(8)7-11(9)10/h2-4H2,1H3,(H,9,10)(H2,6,7,8). The van der Waals surface area contributed by atoms with Gasteiger partial charge in [0.2, 0.25) is 0 Å². The van der Waals surface area contributed by atoms with Crippen molar-refractivity contribution in [1.29, 1.82) is 0 Å². The molecule has 0 aliphatic heterocycles. The molecule has 5 nitrogen and oxygen atoms in total. The van der Waals surface area contributed by atoms with Gasteiger partial charge in [0.15, 0.2) is 0 Å². The van der Waals surface area contributed by atoms with Crippen molar-refractivity contribution in [2.45, 2.75) is 19.8 Å². The lowest BCUT2D eigenvalue weighted by atomic mass is 10.3. The van der Waals surface area contributed by atoms with E-state index in [1.165, 1.54) is 0 Å². The third-order valence-electron chi connectivity index (χ3n) is 0.996. The molecule has 6 heteroatoms. The normalized spacial score (nSPS) is 12.2. The summed E-state index contributed by atoms with van der Waals surface area (Å²) in [5.74, 6) is 0. The maximum atomic E-state index is 10.6. The van der Waals surface area contributed by atoms with E-state index in [1.54, 1.807) is 4.72 Å². The van der Waals surface area contributed by atoms with E-state index in [1.807, 2.05) is 6.92 Å². The van der Waals surface area contributed by atoms with Crippen molar-refractivity contribution in [3.63, 3.8) is 0 Å². The molecule has 1 unspecified atom stereocenters. The van der Waals surface area contributed by atoms with Gasteiger partial charge in [0.05, 0.1) is 0 Å². The summed E-state index contributed by atoms with van der Waals surface area (Å²) in [6.07, 6.45) is 1.84. The molecule has 0 spiro atoms. The molecular formula is C5H12N2O3S. The van der Waals surface area contributed by atoms with Gasteiger partial charge in [-0.3, -0.25) is 4.55 Å². The van der Waals surface area contributed by atoms with E-state index in [-0.39, 0.29) is 0 Å². The molecule has 0 aliphatic rings. The van der Waals surface area contributed by atoms with Gasteiger partial charge in [-0.15, -0.1) is 0 Å². The minimum absolute atomic E-state index is 0.527. The lowest BCUT2D eigenvalue weighted by Crippen LogP contribution is -2.36. The fraction of sp³-hybridized carbons (Fsp3) is 0.800. The highest BCUT2D eigenvalue weighted by Gasteiger charge is 1.99. The Balaban J connectivity index is 3.30. The molecule has 0 saturated heterocycles. The maximum Gasteiger partial charge on any atom is 0.328 e. The Bertz CT molecular complexity index is 151. The number of unbranched alkanes of at least 4 members (excludes halogenated alkanes) is 1. The van der Waals surface area contributed by atoms with E-state index in [0.717, 1.165) is 12.8 Å². The molecule has 0 saturated carbocycles. The van der Waals surface area contributed by atoms with Gasteiger partial charge in [0, 0.05) is 6.54 Å². The summed E-state index contributed by atoms with van der Waals surface area (Å²) < 4.78 is 19.9. The van der Waals surface area contributed by atoms with Crippen LogP contribution in [0.1, 0.15) is 19.8 Å². The highest BCUT2D eigenvalue weighted by Crippen LogP contribution is 1.81. The van der Waals surface area contributed by atoms with Crippen LogP contribution in [0.15, 0.2) is 0 Å². The van der Waals surface area contributed by atoms with Gasteiger partial charge in [-0.2, -0.15) is 0 Å². The summed E-state index contributed by atoms with van der Waals surface area (Å²) >= 11 is -2.26. The van der Waals surface area contributed by atoms with Crippen LogP contribution in [0.3, 0.4) is 0 Å². The molecule has 0 aromatic carbocycles. The molecule has 0 aromatic rings. The average molecular weight is 180 g/mol. The summed E-state index contributed by atoms with van der Waals surface area (Å²) in [6.45, 7) is 2.52. The Kier molecular flexibility index (Phi) is 5.77. The zero-order valence-electron chi connectivity index (χ0n) is 6.29. The largest absolute Gasteiger partial charge is 0.337 e. The van der Waals surface area contributed by atoms with Crippen LogP contribution in [0.25, 0.3) is 0 Å². The predicted molar refractivity (Wildman–Crippen MR) is 42.2 cm³/mol. The number of nitrogens with one attached hydrogen (secondary N) is 2. The van der Waals surface area contributed by atoms with E-state index in [9.17, 15) is 9.00 Å². The van der Waals surface area contributed by atoms with E-state index in [4.69, 9.17) is 4.55 Å². The summed E-state index contributed by atoms with van der Waals surface area (Å²) in [5, 5.41) is 2.41. The first-order chi connectivity index (χ1) is 5.16. The second kappa shape index (κ2) is 6.11. The topological polar surface area (TPSA) is 78.4 Å². The van der Waals surface area contributed by atoms with Crippen LogP contribution < -0.4 is 10.0 Å². The smallest absolute Gasteiger partial charge is 0.328 e. The van der Waals surface area contributed by atoms with E-state index < -0.39 is 17.3 Å². The Hall–Kier alpha value is -0.620. The van der Waals surface area contributed by atoms with Gasteiger partial charge in [0.25, 0.3) is 11.3 Å². The monoisotopic (exact) mass is 180 g/mol. The molecule has 1 atom stereocenters. The van der Waals surface area contributed by atoms with Crippen molar-refractivity contribution < 1.29 is 13.6 Å². The van der Waals surface area contributed by atoms with Crippen molar-refractivity contribution in [2.75, 3.05) is 6.54 Å². The molecule has 2 amide bonds. The number of carbonyl (C=O) groups is 1. The van der Waals surface area contributed by atoms with Gasteiger partial charge in [-0.05, 0) is 6.42 Å². The predicted octanol–water partition coefficient (Wildman–Crippen LogP) is 0.222. The Labute approximate surface area is 68.0 Å². The lowest BCUT2D eigenvalue weighted by molar-refractivity contribution is 0.245. The van der Waals surface area contributed by atoms with Crippen LogP contribution in [0.2, 0.25) is 0 Å². The minimum atomic E-state index is -2.26. The van der Waals surface area contributed by atoms with Gasteiger partial charge in [0.1, 0.15) is 0 Å². The summed E-state index contributed by atoms with van der Waals surface area (Å²) in [7, 11) is 0. The third kappa shape index (κ3) is 7.27. The first-order valence-corrected chi connectivity index (χ1v) is 4.42. The van der Waals surface area contributed by atoms with Gasteiger partial charge >= 0.3 is 6.03 Å². The summed E-state index contributed by atoms with van der Waals surface area (Å²) in [5.41, 5.74) is 0. The molecular weight excluding hydrogens is 168 g/mol. The van der Waals surface area contributed by atoms with Gasteiger partial charge in [-0.25, -0.2) is 13.7 Å². The quantitative estimate of drug-likeness (QED) is 0.428. The van der Waals surface area contributed by atoms with Gasteiger partial charge in [-0.1, -0.05) is 13.3 Å². The SMILES string of the molecule is CCCCNC(=O)NS(=O)O. The summed E-state index contributed by atoms with van der Waals surface area (Å²) in [4.78, 5) is 10.6. The molecule has 0 rings (SSSR count). The van der Waals surface area contributed by atoms with Crippen LogP contribution in [0, 0.1) is 0 Å². The zero-order chi connectivity index (χ0) is 8.69. The maximum absolute atomic E-state index is 10.6. The molecule has 0 radical (unpaired) electrons. The molecule has 0 bridgehead atoms. The number of hydrogen-bond donors (Lipinski definition) is 3. The molecule has 0 heterocycles. The second-order valence-electron chi connectivity index (χ2n) is 1.96. The summed E-state index contributed by atoms with van der Waals surface area (Å²) in [6, 6.07) is -0.612. The molecule has 0 fully saturated rings. The molecule has 0 aromatic heterocycles. The van der Waals surface area contributed by atoms with Crippen molar-refractivity contribution in [3.8, 4) is 0 Å². The fourth-order valence-corrected chi connectivity index (χ4v) is 0.725. The molecule has 3 N–H and O–H groups in total. The van der Waals surface area contributed by atoms with Crippen LogP contribution in [-0.4, -0.2) is 21.3 Å². The highest BCUT2D eigenvalue weighted by atomic mass is 32.2. The lowest BCUT2D eigenvalue weighted by Gasteiger charge is -2.01. The molecule has 11 heavy (non-hydrogen) atoms.